The van der Waals surface area contributed by atoms with Gasteiger partial charge in [-0.15, -0.1) is 0 Å². The van der Waals surface area contributed by atoms with Crippen LogP contribution in [0.5, 0.6) is 11.5 Å². The van der Waals surface area contributed by atoms with Gasteiger partial charge in [0.15, 0.2) is 0 Å². The van der Waals surface area contributed by atoms with Gasteiger partial charge in [0.2, 0.25) is 0 Å². The monoisotopic (exact) mass is 284 g/mol. The third-order valence-corrected chi connectivity index (χ3v) is 3.97. The molecule has 0 radical (unpaired) electrons. The van der Waals surface area contributed by atoms with Crippen LogP contribution in [0, 0.1) is 0 Å². The van der Waals surface area contributed by atoms with Crippen molar-refractivity contribution in [3.8, 4) is 11.5 Å². The third kappa shape index (κ3) is 2.96. The van der Waals surface area contributed by atoms with E-state index in [0.717, 1.165) is 38.2 Å². The van der Waals surface area contributed by atoms with Crippen molar-refractivity contribution in [2.24, 2.45) is 0 Å². The van der Waals surface area contributed by atoms with Gasteiger partial charge in [0, 0.05) is 32.2 Å². The summed E-state index contributed by atoms with van der Waals surface area (Å²) in [5.74, 6) is 0.846. The van der Waals surface area contributed by atoms with E-state index in [1.807, 2.05) is 6.07 Å². The highest BCUT2D eigenvalue weighted by molar-refractivity contribution is 6.32. The largest absolute Gasteiger partial charge is 0.506 e. The third-order valence-electron chi connectivity index (χ3n) is 3.66. The topological polar surface area (TPSA) is 44.7 Å². The summed E-state index contributed by atoms with van der Waals surface area (Å²) >= 11 is 6.05. The summed E-state index contributed by atoms with van der Waals surface area (Å²) in [6.07, 6.45) is 0.907. The van der Waals surface area contributed by atoms with Crippen molar-refractivity contribution >= 4 is 11.6 Å². The highest BCUT2D eigenvalue weighted by Gasteiger charge is 2.27. The lowest BCUT2D eigenvalue weighted by atomic mass is 9.99. The second-order valence-corrected chi connectivity index (χ2v) is 5.13. The maximum absolute atomic E-state index is 10.3. The molecular formula is C14H21ClN2O2. The molecule has 0 unspecified atom stereocenters. The van der Waals surface area contributed by atoms with Crippen molar-refractivity contribution in [1.82, 2.24) is 10.2 Å². The molecule has 106 valence electrons. The summed E-state index contributed by atoms with van der Waals surface area (Å²) in [5, 5.41) is 14.0. The Morgan fingerprint density at radius 1 is 1.42 bits per heavy atom. The van der Waals surface area contributed by atoms with Gasteiger partial charge < -0.3 is 15.2 Å². The average molecular weight is 285 g/mol. The van der Waals surface area contributed by atoms with Gasteiger partial charge in [-0.05, 0) is 18.6 Å². The van der Waals surface area contributed by atoms with Crippen LogP contribution in [0.1, 0.15) is 24.9 Å². The number of hydrogen-bond acceptors (Lipinski definition) is 4. The van der Waals surface area contributed by atoms with E-state index in [2.05, 4.69) is 17.1 Å². The molecule has 0 saturated carbocycles. The summed E-state index contributed by atoms with van der Waals surface area (Å²) in [6.45, 7) is 5.99. The van der Waals surface area contributed by atoms with Gasteiger partial charge >= 0.3 is 0 Å². The molecule has 0 bridgehead atoms. The molecule has 0 aliphatic carbocycles. The fourth-order valence-corrected chi connectivity index (χ4v) is 2.87. The van der Waals surface area contributed by atoms with Gasteiger partial charge in [0.25, 0.3) is 0 Å². The number of piperazine rings is 1. The number of nitrogens with zero attached hydrogens (tertiary/aromatic N) is 1. The number of aromatic hydroxyl groups is 1. The molecule has 0 amide bonds. The molecule has 1 aromatic carbocycles. The minimum absolute atomic E-state index is 0.135. The van der Waals surface area contributed by atoms with Crippen LogP contribution >= 0.6 is 11.6 Å². The Morgan fingerprint density at radius 3 is 2.68 bits per heavy atom. The van der Waals surface area contributed by atoms with Gasteiger partial charge in [-0.2, -0.15) is 0 Å². The van der Waals surface area contributed by atoms with Crippen LogP contribution in [0.2, 0.25) is 5.02 Å². The molecule has 1 aliphatic heterocycles. The zero-order valence-electron chi connectivity index (χ0n) is 11.4. The maximum Gasteiger partial charge on any atom is 0.142 e. The number of methoxy groups -OCH3 is 1. The summed E-state index contributed by atoms with van der Waals surface area (Å²) in [6, 6.07) is 3.63. The lowest BCUT2D eigenvalue weighted by Gasteiger charge is -2.35. The van der Waals surface area contributed by atoms with Crippen LogP contribution < -0.4 is 10.1 Å². The van der Waals surface area contributed by atoms with Gasteiger partial charge in [0.1, 0.15) is 11.5 Å². The molecule has 4 nitrogen and oxygen atoms in total. The van der Waals surface area contributed by atoms with Crippen molar-refractivity contribution in [2.45, 2.75) is 19.4 Å². The molecule has 0 aromatic heterocycles. The Morgan fingerprint density at radius 2 is 2.11 bits per heavy atom. The molecule has 1 aliphatic rings. The first-order chi connectivity index (χ1) is 9.19. The first kappa shape index (κ1) is 14.4. The lowest BCUT2D eigenvalue weighted by molar-refractivity contribution is 0.164. The Kier molecular flexibility index (Phi) is 4.91. The minimum Gasteiger partial charge on any atom is -0.506 e. The van der Waals surface area contributed by atoms with Crippen LogP contribution in [0.25, 0.3) is 0 Å². The van der Waals surface area contributed by atoms with E-state index in [-0.39, 0.29) is 11.8 Å². The second kappa shape index (κ2) is 6.46. The van der Waals surface area contributed by atoms with Crippen LogP contribution in [-0.2, 0) is 0 Å². The standard InChI is InChI=1S/C14H21ClN2O2/c1-3-11(17-8-6-16-7-9-17)13-12(19-2)5-4-10(15)14(13)18/h4-5,11,16,18H,3,6-9H2,1-2H3/t11-/m0/s1. The number of benzene rings is 1. The van der Waals surface area contributed by atoms with E-state index in [0.29, 0.717) is 10.8 Å². The molecule has 2 N–H and O–H groups in total. The molecular weight excluding hydrogens is 264 g/mol. The Hall–Kier alpha value is -0.970. The zero-order chi connectivity index (χ0) is 13.8. The SMILES string of the molecule is CC[C@@H](c1c(OC)ccc(Cl)c1O)N1CCNCC1. The lowest BCUT2D eigenvalue weighted by Crippen LogP contribution is -2.45. The number of phenolic OH excluding ortho intramolecular Hbond substituents is 1. The van der Waals surface area contributed by atoms with Gasteiger partial charge in [-0.3, -0.25) is 4.90 Å². The van der Waals surface area contributed by atoms with E-state index in [9.17, 15) is 5.11 Å². The summed E-state index contributed by atoms with van der Waals surface area (Å²) in [4.78, 5) is 2.37. The van der Waals surface area contributed by atoms with Crippen LogP contribution in [0.3, 0.4) is 0 Å². The smallest absolute Gasteiger partial charge is 0.142 e. The highest BCUT2D eigenvalue weighted by Crippen LogP contribution is 2.42. The number of phenols is 1. The number of nitrogens with one attached hydrogen (secondary N) is 1. The maximum atomic E-state index is 10.3. The van der Waals surface area contributed by atoms with Crippen LogP contribution in [-0.4, -0.2) is 43.3 Å². The fraction of sp³-hybridized carbons (Fsp3) is 0.571. The molecule has 1 aromatic rings. The van der Waals surface area contributed by atoms with E-state index in [1.54, 1.807) is 13.2 Å². The summed E-state index contributed by atoms with van der Waals surface area (Å²) < 4.78 is 5.39. The predicted octanol–water partition coefficient (Wildman–Crippen LogP) is 2.41. The molecule has 19 heavy (non-hydrogen) atoms. The van der Waals surface area contributed by atoms with E-state index >= 15 is 0 Å². The molecule has 2 rings (SSSR count). The molecule has 1 heterocycles. The van der Waals surface area contributed by atoms with Crippen molar-refractivity contribution < 1.29 is 9.84 Å². The van der Waals surface area contributed by atoms with E-state index in [4.69, 9.17) is 16.3 Å². The number of hydrogen-bond donors (Lipinski definition) is 2. The van der Waals surface area contributed by atoms with Crippen molar-refractivity contribution in [3.63, 3.8) is 0 Å². The van der Waals surface area contributed by atoms with E-state index < -0.39 is 0 Å². The van der Waals surface area contributed by atoms with Crippen molar-refractivity contribution in [1.29, 1.82) is 0 Å². The van der Waals surface area contributed by atoms with E-state index in [1.165, 1.54) is 0 Å². The Balaban J connectivity index is 2.38. The summed E-state index contributed by atoms with van der Waals surface area (Å²) in [7, 11) is 1.62. The Bertz CT molecular complexity index is 434. The van der Waals surface area contributed by atoms with Crippen LogP contribution in [0.4, 0.5) is 0 Å². The molecule has 1 atom stereocenters. The quantitative estimate of drug-likeness (QED) is 0.891. The fourth-order valence-electron chi connectivity index (χ4n) is 2.70. The second-order valence-electron chi connectivity index (χ2n) is 4.72. The number of ether oxygens (including phenoxy) is 1. The van der Waals surface area contributed by atoms with Crippen molar-refractivity contribution in [2.75, 3.05) is 33.3 Å². The molecule has 1 saturated heterocycles. The Labute approximate surface area is 119 Å². The van der Waals surface area contributed by atoms with Gasteiger partial charge in [-0.25, -0.2) is 0 Å². The first-order valence-electron chi connectivity index (χ1n) is 6.69. The number of rotatable bonds is 4. The predicted molar refractivity (Wildman–Crippen MR) is 77.1 cm³/mol. The average Bonchev–Trinajstić information content (AvgIpc) is 2.45. The molecule has 0 spiro atoms. The summed E-state index contributed by atoms with van der Waals surface area (Å²) in [5.41, 5.74) is 0.805. The molecule has 5 heteroatoms. The normalized spacial score (nSPS) is 18.3. The van der Waals surface area contributed by atoms with Crippen molar-refractivity contribution in [3.05, 3.63) is 22.7 Å². The zero-order valence-corrected chi connectivity index (χ0v) is 12.2. The van der Waals surface area contributed by atoms with Gasteiger partial charge in [-0.1, -0.05) is 18.5 Å². The minimum atomic E-state index is 0.135. The van der Waals surface area contributed by atoms with Crippen LogP contribution in [0.15, 0.2) is 12.1 Å². The highest BCUT2D eigenvalue weighted by atomic mass is 35.5. The number of halogens is 1. The first-order valence-corrected chi connectivity index (χ1v) is 7.07. The molecule has 1 fully saturated rings. The van der Waals surface area contributed by atoms with Gasteiger partial charge in [0.05, 0.1) is 17.7 Å².